The molecule has 1 aromatic carbocycles. The van der Waals surface area contributed by atoms with E-state index < -0.39 is 0 Å². The predicted molar refractivity (Wildman–Crippen MR) is 124 cm³/mol. The highest BCUT2D eigenvalue weighted by molar-refractivity contribution is 5.94. The van der Waals surface area contributed by atoms with Crippen LogP contribution in [0.2, 0.25) is 0 Å². The minimum Gasteiger partial charge on any atom is -0.491 e. The summed E-state index contributed by atoms with van der Waals surface area (Å²) in [6.07, 6.45) is 6.53. The van der Waals surface area contributed by atoms with Gasteiger partial charge in [0.15, 0.2) is 0 Å². The van der Waals surface area contributed by atoms with Crippen molar-refractivity contribution < 1.29 is 9.47 Å². The molecule has 0 saturated heterocycles. The molecule has 0 aliphatic heterocycles. The van der Waals surface area contributed by atoms with Gasteiger partial charge in [0.1, 0.15) is 29.8 Å². The maximum atomic E-state index is 12.8. The van der Waals surface area contributed by atoms with E-state index in [0.29, 0.717) is 42.7 Å². The number of hydrogen-bond acceptors (Lipinski definition) is 8. The molecule has 0 spiro atoms. The molecule has 164 valence electrons. The number of pyridine rings is 2. The van der Waals surface area contributed by atoms with Gasteiger partial charge >= 0.3 is 0 Å². The third-order valence-corrected chi connectivity index (χ3v) is 4.70. The average Bonchev–Trinajstić information content (AvgIpc) is 2.81. The van der Waals surface area contributed by atoms with Gasteiger partial charge in [0, 0.05) is 37.9 Å². The monoisotopic (exact) mass is 432 g/mol. The van der Waals surface area contributed by atoms with Gasteiger partial charge in [-0.25, -0.2) is 9.97 Å². The molecular weight excluding hydrogens is 408 g/mol. The number of anilines is 4. The van der Waals surface area contributed by atoms with Crippen LogP contribution in [0, 0.1) is 0 Å². The van der Waals surface area contributed by atoms with E-state index in [9.17, 15) is 4.79 Å². The van der Waals surface area contributed by atoms with E-state index in [4.69, 9.17) is 9.47 Å². The van der Waals surface area contributed by atoms with Crippen molar-refractivity contribution in [3.63, 3.8) is 0 Å². The standard InChI is InChI=1S/C23H24N6O3/c1-3-31-12-13-32-18-6-4-17(5-7-18)26-22-21-16(8-11-29(2)23(21)30)14-19(28-22)27-20-15-24-9-10-25-20/h4-11,14-15H,3,12-13H2,1-2H3,(H2,25,26,27,28). The third-order valence-electron chi connectivity index (χ3n) is 4.70. The van der Waals surface area contributed by atoms with Crippen molar-refractivity contribution in [1.82, 2.24) is 19.5 Å². The smallest absolute Gasteiger partial charge is 0.261 e. The predicted octanol–water partition coefficient (Wildman–Crippen LogP) is 3.63. The molecule has 3 aromatic heterocycles. The van der Waals surface area contributed by atoms with E-state index in [0.717, 1.165) is 16.8 Å². The fourth-order valence-electron chi connectivity index (χ4n) is 3.14. The average molecular weight is 432 g/mol. The van der Waals surface area contributed by atoms with Gasteiger partial charge in [-0.15, -0.1) is 0 Å². The fraction of sp³-hybridized carbons (Fsp3) is 0.217. The van der Waals surface area contributed by atoms with Crippen LogP contribution in [0.15, 0.2) is 66.0 Å². The highest BCUT2D eigenvalue weighted by Crippen LogP contribution is 2.27. The molecule has 0 atom stereocenters. The molecule has 0 aliphatic rings. The summed E-state index contributed by atoms with van der Waals surface area (Å²) in [5.74, 6) is 2.29. The number of hydrogen-bond donors (Lipinski definition) is 2. The zero-order valence-electron chi connectivity index (χ0n) is 17.9. The Morgan fingerprint density at radius 2 is 1.88 bits per heavy atom. The molecule has 0 fully saturated rings. The molecule has 0 radical (unpaired) electrons. The van der Waals surface area contributed by atoms with Gasteiger partial charge < -0.3 is 24.7 Å². The van der Waals surface area contributed by atoms with E-state index >= 15 is 0 Å². The normalized spacial score (nSPS) is 10.8. The zero-order valence-corrected chi connectivity index (χ0v) is 17.9. The Bertz CT molecular complexity index is 1240. The van der Waals surface area contributed by atoms with E-state index in [1.165, 1.54) is 4.57 Å². The van der Waals surface area contributed by atoms with Crippen molar-refractivity contribution in [1.29, 1.82) is 0 Å². The summed E-state index contributed by atoms with van der Waals surface area (Å²) in [6.45, 7) is 3.64. The van der Waals surface area contributed by atoms with Crippen LogP contribution in [0.1, 0.15) is 6.92 Å². The van der Waals surface area contributed by atoms with Gasteiger partial charge in [-0.2, -0.15) is 0 Å². The number of aryl methyl sites for hydroxylation is 1. The van der Waals surface area contributed by atoms with Gasteiger partial charge in [0.25, 0.3) is 5.56 Å². The van der Waals surface area contributed by atoms with Gasteiger partial charge in [-0.05, 0) is 48.7 Å². The SMILES string of the molecule is CCOCCOc1ccc(Nc2nc(Nc3cnccn3)cc3ccn(C)c(=O)c23)cc1. The molecule has 2 N–H and O–H groups in total. The summed E-state index contributed by atoms with van der Waals surface area (Å²) in [5.41, 5.74) is 0.637. The summed E-state index contributed by atoms with van der Waals surface area (Å²) in [7, 11) is 1.71. The molecule has 3 heterocycles. The Kier molecular flexibility index (Phi) is 6.57. The maximum absolute atomic E-state index is 12.8. The molecule has 4 rings (SSSR count). The number of nitrogens with zero attached hydrogens (tertiary/aromatic N) is 4. The number of ether oxygens (including phenoxy) is 2. The quantitative estimate of drug-likeness (QED) is 0.387. The largest absolute Gasteiger partial charge is 0.491 e. The Labute approximate surface area is 185 Å². The first kappa shape index (κ1) is 21.3. The second-order valence-corrected chi connectivity index (χ2v) is 6.96. The van der Waals surface area contributed by atoms with Crippen LogP contribution >= 0.6 is 0 Å². The number of rotatable bonds is 9. The van der Waals surface area contributed by atoms with Crippen LogP contribution < -0.4 is 20.9 Å². The first-order valence-corrected chi connectivity index (χ1v) is 10.2. The molecule has 0 saturated carbocycles. The first-order valence-electron chi connectivity index (χ1n) is 10.2. The molecule has 4 aromatic rings. The lowest BCUT2D eigenvalue weighted by atomic mass is 10.2. The van der Waals surface area contributed by atoms with E-state index in [1.54, 1.807) is 31.8 Å². The van der Waals surface area contributed by atoms with Gasteiger partial charge in [0.05, 0.1) is 18.2 Å². The van der Waals surface area contributed by atoms with Crippen molar-refractivity contribution in [2.45, 2.75) is 6.92 Å². The topological polar surface area (TPSA) is 103 Å². The van der Waals surface area contributed by atoms with Crippen LogP contribution in [0.4, 0.5) is 23.1 Å². The minimum atomic E-state index is -0.139. The summed E-state index contributed by atoms with van der Waals surface area (Å²) in [6, 6.07) is 11.2. The Morgan fingerprint density at radius 3 is 2.62 bits per heavy atom. The molecular formula is C23H24N6O3. The molecule has 32 heavy (non-hydrogen) atoms. The van der Waals surface area contributed by atoms with Crippen molar-refractivity contribution in [3.05, 3.63) is 71.5 Å². The van der Waals surface area contributed by atoms with Crippen molar-refractivity contribution in [2.75, 3.05) is 30.5 Å². The summed E-state index contributed by atoms with van der Waals surface area (Å²) in [5, 5.41) is 7.65. The number of fused-ring (bicyclic) bond motifs is 1. The highest BCUT2D eigenvalue weighted by atomic mass is 16.5. The number of nitrogens with one attached hydrogen (secondary N) is 2. The second kappa shape index (κ2) is 9.88. The van der Waals surface area contributed by atoms with Crippen LogP contribution in [0.25, 0.3) is 10.8 Å². The zero-order chi connectivity index (χ0) is 22.3. The summed E-state index contributed by atoms with van der Waals surface area (Å²) < 4.78 is 12.5. The van der Waals surface area contributed by atoms with Gasteiger partial charge in [-0.3, -0.25) is 9.78 Å². The Balaban J connectivity index is 1.63. The maximum Gasteiger partial charge on any atom is 0.261 e. The fourth-order valence-corrected chi connectivity index (χ4v) is 3.14. The van der Waals surface area contributed by atoms with E-state index in [-0.39, 0.29) is 5.56 Å². The highest BCUT2D eigenvalue weighted by Gasteiger charge is 2.12. The molecule has 0 unspecified atom stereocenters. The Hall–Kier alpha value is -3.98. The molecule has 9 heteroatoms. The third kappa shape index (κ3) is 5.01. The molecule has 0 aliphatic carbocycles. The Morgan fingerprint density at radius 1 is 1.03 bits per heavy atom. The first-order chi connectivity index (χ1) is 15.6. The lowest BCUT2D eigenvalue weighted by Crippen LogP contribution is -2.17. The van der Waals surface area contributed by atoms with Crippen LogP contribution in [0.5, 0.6) is 5.75 Å². The minimum absolute atomic E-state index is 0.139. The van der Waals surface area contributed by atoms with Crippen LogP contribution in [-0.2, 0) is 11.8 Å². The van der Waals surface area contributed by atoms with Crippen LogP contribution in [-0.4, -0.2) is 39.3 Å². The van der Waals surface area contributed by atoms with Gasteiger partial charge in [-0.1, -0.05) is 0 Å². The van der Waals surface area contributed by atoms with Crippen molar-refractivity contribution >= 4 is 33.9 Å². The van der Waals surface area contributed by atoms with Gasteiger partial charge in [0.2, 0.25) is 0 Å². The van der Waals surface area contributed by atoms with E-state index in [1.807, 2.05) is 43.3 Å². The number of benzene rings is 1. The van der Waals surface area contributed by atoms with Crippen molar-refractivity contribution in [3.8, 4) is 5.75 Å². The molecule has 9 nitrogen and oxygen atoms in total. The lowest BCUT2D eigenvalue weighted by molar-refractivity contribution is 0.110. The van der Waals surface area contributed by atoms with Crippen LogP contribution in [0.3, 0.4) is 0 Å². The second-order valence-electron chi connectivity index (χ2n) is 6.96. The number of aromatic nitrogens is 4. The molecule has 0 amide bonds. The molecule has 0 bridgehead atoms. The summed E-state index contributed by atoms with van der Waals surface area (Å²) in [4.78, 5) is 25.8. The van der Waals surface area contributed by atoms with Crippen molar-refractivity contribution in [2.24, 2.45) is 7.05 Å². The summed E-state index contributed by atoms with van der Waals surface area (Å²) >= 11 is 0. The van der Waals surface area contributed by atoms with E-state index in [2.05, 4.69) is 25.6 Å². The lowest BCUT2D eigenvalue weighted by Gasteiger charge is -2.13.